The number of hydrogen-bond donors (Lipinski definition) is 1. The minimum atomic E-state index is -0.228. The molecule has 3 rings (SSSR count). The van der Waals surface area contributed by atoms with Gasteiger partial charge in [-0.25, -0.2) is 4.39 Å². The van der Waals surface area contributed by atoms with Crippen LogP contribution in [0, 0.1) is 11.7 Å². The summed E-state index contributed by atoms with van der Waals surface area (Å²) in [4.78, 5) is 6.43. The van der Waals surface area contributed by atoms with Crippen molar-refractivity contribution in [1.82, 2.24) is 0 Å². The number of halogens is 1. The summed E-state index contributed by atoms with van der Waals surface area (Å²) in [6.45, 7) is 2.99. The average molecular weight is 247 g/mol. The minimum absolute atomic E-state index is 0.0166. The molecule has 1 aromatic carbocycles. The number of benzene rings is 1. The molecule has 2 N–H and O–H groups in total. The van der Waals surface area contributed by atoms with Crippen LogP contribution in [-0.4, -0.2) is 18.0 Å². The molecule has 1 saturated carbocycles. The molecular weight excluding hydrogens is 229 g/mol. The highest BCUT2D eigenvalue weighted by Crippen LogP contribution is 2.43. The summed E-state index contributed by atoms with van der Waals surface area (Å²) >= 11 is 0. The molecule has 96 valence electrons. The molecule has 0 bridgehead atoms. The summed E-state index contributed by atoms with van der Waals surface area (Å²) < 4.78 is 13.4. The van der Waals surface area contributed by atoms with E-state index in [0.29, 0.717) is 11.9 Å². The Hall–Kier alpha value is -1.58. The highest BCUT2D eigenvalue weighted by molar-refractivity contribution is 5.98. The van der Waals surface area contributed by atoms with Gasteiger partial charge in [-0.15, -0.1) is 0 Å². The molecule has 4 heteroatoms. The van der Waals surface area contributed by atoms with Crippen molar-refractivity contribution in [2.45, 2.75) is 31.7 Å². The van der Waals surface area contributed by atoms with Crippen LogP contribution in [0.5, 0.6) is 0 Å². The zero-order valence-corrected chi connectivity index (χ0v) is 10.6. The van der Waals surface area contributed by atoms with Crippen molar-refractivity contribution in [3.05, 3.63) is 30.1 Å². The molecule has 1 aliphatic heterocycles. The van der Waals surface area contributed by atoms with E-state index in [0.717, 1.165) is 25.1 Å². The van der Waals surface area contributed by atoms with E-state index < -0.39 is 0 Å². The topological polar surface area (TPSA) is 41.6 Å². The van der Waals surface area contributed by atoms with Crippen LogP contribution in [0.2, 0.25) is 0 Å². The molecule has 0 radical (unpaired) electrons. The van der Waals surface area contributed by atoms with Crippen LogP contribution in [-0.2, 0) is 0 Å². The number of rotatable bonds is 1. The van der Waals surface area contributed by atoms with Gasteiger partial charge in [-0.05, 0) is 43.4 Å². The minimum Gasteiger partial charge on any atom is -0.369 e. The zero-order chi connectivity index (χ0) is 12.8. The summed E-state index contributed by atoms with van der Waals surface area (Å²) in [5.41, 5.74) is 6.82. The number of anilines is 1. The molecule has 0 aromatic heterocycles. The Bertz CT molecular complexity index is 500. The van der Waals surface area contributed by atoms with E-state index in [1.165, 1.54) is 12.5 Å². The fourth-order valence-corrected chi connectivity index (χ4v) is 3.35. The van der Waals surface area contributed by atoms with E-state index in [1.54, 1.807) is 12.1 Å². The second-order valence-corrected chi connectivity index (χ2v) is 5.56. The van der Waals surface area contributed by atoms with Gasteiger partial charge in [0.05, 0.1) is 12.1 Å². The molecule has 18 heavy (non-hydrogen) atoms. The maximum Gasteiger partial charge on any atom is 0.196 e. The summed E-state index contributed by atoms with van der Waals surface area (Å²) in [5.74, 6) is 0.977. The van der Waals surface area contributed by atoms with E-state index >= 15 is 0 Å². The van der Waals surface area contributed by atoms with Gasteiger partial charge in [0.2, 0.25) is 0 Å². The quantitative estimate of drug-likeness (QED) is 0.828. The molecule has 1 spiro atoms. The summed E-state index contributed by atoms with van der Waals surface area (Å²) in [5, 5.41) is 0. The molecule has 1 fully saturated rings. The fraction of sp³-hybridized carbons (Fsp3) is 0.500. The number of aliphatic imine (C=N–C) groups is 1. The molecule has 1 aliphatic carbocycles. The summed E-state index contributed by atoms with van der Waals surface area (Å²) in [6, 6.07) is 6.62. The number of nitrogens with two attached hydrogens (primary N) is 1. The third-order valence-electron chi connectivity index (χ3n) is 4.14. The smallest absolute Gasteiger partial charge is 0.196 e. The third-order valence-corrected chi connectivity index (χ3v) is 4.14. The van der Waals surface area contributed by atoms with Crippen LogP contribution < -0.4 is 10.6 Å². The van der Waals surface area contributed by atoms with E-state index in [-0.39, 0.29) is 11.4 Å². The van der Waals surface area contributed by atoms with Gasteiger partial charge in [0.25, 0.3) is 0 Å². The zero-order valence-electron chi connectivity index (χ0n) is 10.6. The third kappa shape index (κ3) is 1.67. The normalized spacial score (nSPS) is 31.1. The van der Waals surface area contributed by atoms with Crippen LogP contribution in [0.3, 0.4) is 0 Å². The van der Waals surface area contributed by atoms with Gasteiger partial charge in [0.15, 0.2) is 5.96 Å². The highest BCUT2D eigenvalue weighted by Gasteiger charge is 2.47. The van der Waals surface area contributed by atoms with E-state index in [4.69, 9.17) is 5.73 Å². The maximum atomic E-state index is 13.4. The maximum absolute atomic E-state index is 13.4. The van der Waals surface area contributed by atoms with Crippen molar-refractivity contribution in [3.8, 4) is 0 Å². The lowest BCUT2D eigenvalue weighted by Crippen LogP contribution is -2.50. The standard InChI is InChI=1S/C14H18FN3/c1-10-5-6-14(8-10)9-17-13(16)18(14)12-4-2-3-11(15)7-12/h2-4,7,10H,5-6,8-9H2,1H3,(H2,16,17). The monoisotopic (exact) mass is 247 g/mol. The Kier molecular flexibility index (Phi) is 2.54. The Morgan fingerprint density at radius 1 is 1.50 bits per heavy atom. The first kappa shape index (κ1) is 11.5. The van der Waals surface area contributed by atoms with Crippen LogP contribution in [0.25, 0.3) is 0 Å². The molecular formula is C14H18FN3. The van der Waals surface area contributed by atoms with Crippen LogP contribution in [0.15, 0.2) is 29.3 Å². The molecule has 2 unspecified atom stereocenters. The SMILES string of the molecule is CC1CCC2(CN=C(N)N2c2cccc(F)c2)C1. The van der Waals surface area contributed by atoms with Crippen LogP contribution in [0.1, 0.15) is 26.2 Å². The number of nitrogens with zero attached hydrogens (tertiary/aromatic N) is 2. The Labute approximate surface area is 106 Å². The molecule has 0 saturated heterocycles. The van der Waals surface area contributed by atoms with Crippen molar-refractivity contribution in [2.24, 2.45) is 16.6 Å². The number of hydrogen-bond acceptors (Lipinski definition) is 3. The molecule has 3 nitrogen and oxygen atoms in total. The molecule has 2 aliphatic rings. The first-order valence-corrected chi connectivity index (χ1v) is 6.46. The van der Waals surface area contributed by atoms with Gasteiger partial charge in [0, 0.05) is 5.69 Å². The molecule has 0 amide bonds. The summed E-state index contributed by atoms with van der Waals surface area (Å²) in [6.07, 6.45) is 3.34. The van der Waals surface area contributed by atoms with Crippen molar-refractivity contribution < 1.29 is 4.39 Å². The van der Waals surface area contributed by atoms with E-state index in [9.17, 15) is 4.39 Å². The van der Waals surface area contributed by atoms with E-state index in [1.807, 2.05) is 11.0 Å². The van der Waals surface area contributed by atoms with Crippen LogP contribution >= 0.6 is 0 Å². The largest absolute Gasteiger partial charge is 0.369 e. The Morgan fingerprint density at radius 3 is 3.00 bits per heavy atom. The lowest BCUT2D eigenvalue weighted by Gasteiger charge is -2.36. The predicted octanol–water partition coefficient (Wildman–Crippen LogP) is 2.52. The average Bonchev–Trinajstić information content (AvgIpc) is 2.84. The van der Waals surface area contributed by atoms with Gasteiger partial charge in [-0.3, -0.25) is 4.99 Å². The van der Waals surface area contributed by atoms with Crippen molar-refractivity contribution in [2.75, 3.05) is 11.4 Å². The van der Waals surface area contributed by atoms with Gasteiger partial charge in [-0.2, -0.15) is 0 Å². The first-order valence-electron chi connectivity index (χ1n) is 6.46. The van der Waals surface area contributed by atoms with E-state index in [2.05, 4.69) is 11.9 Å². The van der Waals surface area contributed by atoms with Gasteiger partial charge < -0.3 is 10.6 Å². The Morgan fingerprint density at radius 2 is 2.33 bits per heavy atom. The predicted molar refractivity (Wildman–Crippen MR) is 71.1 cm³/mol. The van der Waals surface area contributed by atoms with Gasteiger partial charge >= 0.3 is 0 Å². The van der Waals surface area contributed by atoms with Gasteiger partial charge in [-0.1, -0.05) is 13.0 Å². The highest BCUT2D eigenvalue weighted by atomic mass is 19.1. The summed E-state index contributed by atoms with van der Waals surface area (Å²) in [7, 11) is 0. The van der Waals surface area contributed by atoms with Crippen molar-refractivity contribution >= 4 is 11.6 Å². The van der Waals surface area contributed by atoms with Crippen molar-refractivity contribution in [1.29, 1.82) is 0 Å². The second kappa shape index (κ2) is 3.97. The lowest BCUT2D eigenvalue weighted by atomic mass is 9.94. The first-order chi connectivity index (χ1) is 8.61. The molecule has 2 atom stereocenters. The van der Waals surface area contributed by atoms with Gasteiger partial charge in [0.1, 0.15) is 5.82 Å². The fourth-order valence-electron chi connectivity index (χ4n) is 3.35. The Balaban J connectivity index is 2.00. The molecule has 1 aromatic rings. The lowest BCUT2D eigenvalue weighted by molar-refractivity contribution is 0.451. The second-order valence-electron chi connectivity index (χ2n) is 5.56. The van der Waals surface area contributed by atoms with Crippen molar-refractivity contribution in [3.63, 3.8) is 0 Å². The number of guanidine groups is 1. The molecule has 1 heterocycles. The van der Waals surface area contributed by atoms with Crippen LogP contribution in [0.4, 0.5) is 10.1 Å².